The Bertz CT molecular complexity index is 457. The molecule has 0 radical (unpaired) electrons. The maximum absolute atomic E-state index is 3.26. The minimum atomic E-state index is 0.530. The van der Waals surface area contributed by atoms with E-state index in [1.165, 1.54) is 16.5 Å². The first-order chi connectivity index (χ1) is 7.20. The molecule has 2 aromatic rings. The molecule has 0 aliphatic heterocycles. The first-order valence-electron chi connectivity index (χ1n) is 5.42. The van der Waals surface area contributed by atoms with Gasteiger partial charge in [-0.1, -0.05) is 12.1 Å². The number of hydrogen-bond donors (Lipinski definition) is 1. The van der Waals surface area contributed by atoms with E-state index < -0.39 is 0 Å². The first kappa shape index (κ1) is 10.2. The second-order valence-corrected chi connectivity index (χ2v) is 4.21. The fourth-order valence-electron chi connectivity index (χ4n) is 1.89. The van der Waals surface area contributed by atoms with Crippen molar-refractivity contribution in [1.29, 1.82) is 0 Å². The van der Waals surface area contributed by atoms with Crippen LogP contribution < -0.4 is 5.32 Å². The summed E-state index contributed by atoms with van der Waals surface area (Å²) in [5.41, 5.74) is 2.71. The van der Waals surface area contributed by atoms with Crippen LogP contribution in [0, 0.1) is 0 Å². The molecule has 1 atom stereocenters. The highest BCUT2D eigenvalue weighted by atomic mass is 14.9. The molecule has 0 bridgehead atoms. The molecule has 1 unspecified atom stereocenters. The average molecular weight is 202 g/mol. The number of benzene rings is 1. The monoisotopic (exact) mass is 202 g/mol. The second kappa shape index (κ2) is 4.07. The van der Waals surface area contributed by atoms with Crippen molar-refractivity contribution in [2.75, 3.05) is 7.05 Å². The van der Waals surface area contributed by atoms with Crippen LogP contribution in [0.1, 0.15) is 12.5 Å². The van der Waals surface area contributed by atoms with Crippen LogP contribution >= 0.6 is 0 Å². The van der Waals surface area contributed by atoms with E-state index in [2.05, 4.69) is 54.3 Å². The molecule has 0 aliphatic carbocycles. The van der Waals surface area contributed by atoms with Crippen LogP contribution in [-0.4, -0.2) is 17.7 Å². The maximum Gasteiger partial charge on any atom is 0.0480 e. The summed E-state index contributed by atoms with van der Waals surface area (Å²) in [4.78, 5) is 0. The van der Waals surface area contributed by atoms with E-state index in [0.29, 0.717) is 6.04 Å². The van der Waals surface area contributed by atoms with E-state index in [0.717, 1.165) is 6.42 Å². The SMILES string of the molecule is CNC(C)Cc1ccc2ccn(C)c2c1. The van der Waals surface area contributed by atoms with Crippen molar-refractivity contribution in [1.82, 2.24) is 9.88 Å². The Hall–Kier alpha value is -1.28. The van der Waals surface area contributed by atoms with Crippen molar-refractivity contribution in [3.8, 4) is 0 Å². The molecule has 15 heavy (non-hydrogen) atoms. The van der Waals surface area contributed by atoms with Gasteiger partial charge >= 0.3 is 0 Å². The average Bonchev–Trinajstić information content (AvgIpc) is 2.60. The van der Waals surface area contributed by atoms with Crippen molar-refractivity contribution in [3.05, 3.63) is 36.0 Å². The number of fused-ring (bicyclic) bond motifs is 1. The predicted octanol–water partition coefficient (Wildman–Crippen LogP) is 2.33. The number of nitrogens with one attached hydrogen (secondary N) is 1. The number of rotatable bonds is 3. The van der Waals surface area contributed by atoms with Crippen molar-refractivity contribution >= 4 is 10.9 Å². The van der Waals surface area contributed by atoms with E-state index in [1.54, 1.807) is 0 Å². The Balaban J connectivity index is 2.33. The Morgan fingerprint density at radius 1 is 1.33 bits per heavy atom. The summed E-state index contributed by atoms with van der Waals surface area (Å²) in [5.74, 6) is 0. The molecular weight excluding hydrogens is 184 g/mol. The Kier molecular flexibility index (Phi) is 2.78. The minimum absolute atomic E-state index is 0.530. The van der Waals surface area contributed by atoms with Gasteiger partial charge in [0, 0.05) is 24.8 Å². The lowest BCUT2D eigenvalue weighted by Crippen LogP contribution is -2.23. The molecular formula is C13H18N2. The summed E-state index contributed by atoms with van der Waals surface area (Å²) >= 11 is 0. The zero-order chi connectivity index (χ0) is 10.8. The standard InChI is InChI=1S/C13H18N2/c1-10(14-2)8-11-4-5-12-6-7-15(3)13(12)9-11/h4-7,9-10,14H,8H2,1-3H3. The van der Waals surface area contributed by atoms with Gasteiger partial charge in [0.2, 0.25) is 0 Å². The highest BCUT2D eigenvalue weighted by Crippen LogP contribution is 2.17. The highest BCUT2D eigenvalue weighted by molar-refractivity contribution is 5.80. The van der Waals surface area contributed by atoms with Crippen LogP contribution in [-0.2, 0) is 13.5 Å². The molecule has 1 heterocycles. The summed E-state index contributed by atoms with van der Waals surface area (Å²) in [5, 5.41) is 4.58. The molecule has 0 aliphatic rings. The quantitative estimate of drug-likeness (QED) is 0.808. The largest absolute Gasteiger partial charge is 0.351 e. The van der Waals surface area contributed by atoms with Gasteiger partial charge in [0.15, 0.2) is 0 Å². The fourth-order valence-corrected chi connectivity index (χ4v) is 1.89. The molecule has 0 amide bonds. The van der Waals surface area contributed by atoms with Gasteiger partial charge in [-0.05, 0) is 43.5 Å². The van der Waals surface area contributed by atoms with E-state index >= 15 is 0 Å². The Labute approximate surface area is 90.9 Å². The minimum Gasteiger partial charge on any atom is -0.351 e. The highest BCUT2D eigenvalue weighted by Gasteiger charge is 2.03. The van der Waals surface area contributed by atoms with Gasteiger partial charge in [-0.2, -0.15) is 0 Å². The van der Waals surface area contributed by atoms with Gasteiger partial charge in [0.05, 0.1) is 0 Å². The molecule has 1 N–H and O–H groups in total. The number of nitrogens with zero attached hydrogens (tertiary/aromatic N) is 1. The van der Waals surface area contributed by atoms with Crippen LogP contribution in [0.3, 0.4) is 0 Å². The molecule has 0 spiro atoms. The lowest BCUT2D eigenvalue weighted by molar-refractivity contribution is 0.609. The molecule has 2 rings (SSSR count). The lowest BCUT2D eigenvalue weighted by Gasteiger charge is -2.10. The summed E-state index contributed by atoms with van der Waals surface area (Å²) in [6.07, 6.45) is 3.19. The number of aryl methyl sites for hydroxylation is 1. The van der Waals surface area contributed by atoms with Crippen molar-refractivity contribution in [3.63, 3.8) is 0 Å². The van der Waals surface area contributed by atoms with Gasteiger partial charge in [0.25, 0.3) is 0 Å². The van der Waals surface area contributed by atoms with Gasteiger partial charge in [-0.3, -0.25) is 0 Å². The second-order valence-electron chi connectivity index (χ2n) is 4.21. The topological polar surface area (TPSA) is 17.0 Å². The molecule has 0 saturated heterocycles. The summed E-state index contributed by atoms with van der Waals surface area (Å²) in [6, 6.07) is 9.38. The summed E-state index contributed by atoms with van der Waals surface area (Å²) in [6.45, 7) is 2.20. The van der Waals surface area contributed by atoms with E-state index in [9.17, 15) is 0 Å². The third-order valence-corrected chi connectivity index (χ3v) is 2.99. The normalized spacial score (nSPS) is 13.3. The van der Waals surface area contributed by atoms with E-state index in [4.69, 9.17) is 0 Å². The molecule has 80 valence electrons. The molecule has 0 fully saturated rings. The molecule has 1 aromatic heterocycles. The zero-order valence-electron chi connectivity index (χ0n) is 9.62. The first-order valence-corrected chi connectivity index (χ1v) is 5.42. The molecule has 2 nitrogen and oxygen atoms in total. The molecule has 2 heteroatoms. The number of likely N-dealkylation sites (N-methyl/N-ethyl adjacent to an activating group) is 1. The number of hydrogen-bond acceptors (Lipinski definition) is 1. The third kappa shape index (κ3) is 2.05. The van der Waals surface area contributed by atoms with Crippen molar-refractivity contribution < 1.29 is 0 Å². The Morgan fingerprint density at radius 2 is 2.13 bits per heavy atom. The van der Waals surface area contributed by atoms with Crippen molar-refractivity contribution in [2.45, 2.75) is 19.4 Å². The Morgan fingerprint density at radius 3 is 2.87 bits per heavy atom. The molecule has 1 aromatic carbocycles. The molecule has 0 saturated carbocycles. The maximum atomic E-state index is 3.26. The van der Waals surface area contributed by atoms with Crippen LogP contribution in [0.2, 0.25) is 0 Å². The van der Waals surface area contributed by atoms with Gasteiger partial charge in [-0.25, -0.2) is 0 Å². The van der Waals surface area contributed by atoms with Gasteiger partial charge in [-0.15, -0.1) is 0 Å². The van der Waals surface area contributed by atoms with Crippen LogP contribution in [0.4, 0.5) is 0 Å². The third-order valence-electron chi connectivity index (χ3n) is 2.99. The van der Waals surface area contributed by atoms with E-state index in [1.807, 2.05) is 7.05 Å². The van der Waals surface area contributed by atoms with E-state index in [-0.39, 0.29) is 0 Å². The zero-order valence-corrected chi connectivity index (χ0v) is 9.62. The van der Waals surface area contributed by atoms with Crippen LogP contribution in [0.25, 0.3) is 10.9 Å². The van der Waals surface area contributed by atoms with Crippen LogP contribution in [0.15, 0.2) is 30.5 Å². The van der Waals surface area contributed by atoms with Gasteiger partial charge < -0.3 is 9.88 Å². The predicted molar refractivity (Wildman–Crippen MR) is 65.1 cm³/mol. The van der Waals surface area contributed by atoms with Crippen LogP contribution in [0.5, 0.6) is 0 Å². The van der Waals surface area contributed by atoms with Crippen molar-refractivity contribution in [2.24, 2.45) is 7.05 Å². The number of aromatic nitrogens is 1. The lowest BCUT2D eigenvalue weighted by atomic mass is 10.1. The summed E-state index contributed by atoms with van der Waals surface area (Å²) in [7, 11) is 4.10. The van der Waals surface area contributed by atoms with Gasteiger partial charge in [0.1, 0.15) is 0 Å². The smallest absolute Gasteiger partial charge is 0.0480 e. The fraction of sp³-hybridized carbons (Fsp3) is 0.385. The summed E-state index contributed by atoms with van der Waals surface area (Å²) < 4.78 is 2.17.